The number of nitrogens with one attached hydrogen (secondary N) is 2. The number of anilines is 1. The fourth-order valence-corrected chi connectivity index (χ4v) is 2.69. The molecule has 2 heterocycles. The largest absolute Gasteiger partial charge is 0.280 e. The predicted octanol–water partition coefficient (Wildman–Crippen LogP) is 1.24. The van der Waals surface area contributed by atoms with Crippen LogP contribution in [0.3, 0.4) is 0 Å². The molecule has 8 heteroatoms. The second-order valence-electron chi connectivity index (χ2n) is 5.32. The highest BCUT2D eigenvalue weighted by Gasteiger charge is 2.21. The Morgan fingerprint density at radius 1 is 1.37 bits per heavy atom. The Labute approximate surface area is 112 Å². The summed E-state index contributed by atoms with van der Waals surface area (Å²) in [6.07, 6.45) is 1.43. The minimum atomic E-state index is -3.66. The number of sulfonamides is 1. The van der Waals surface area contributed by atoms with Gasteiger partial charge in [0.05, 0.1) is 6.20 Å². The fourth-order valence-electron chi connectivity index (χ4n) is 1.57. The molecule has 0 spiro atoms. The lowest BCUT2D eigenvalue weighted by Gasteiger charge is -2.14. The number of rotatable bonds is 3. The van der Waals surface area contributed by atoms with Gasteiger partial charge in [-0.25, -0.2) is 0 Å². The van der Waals surface area contributed by atoms with Crippen LogP contribution in [0.2, 0.25) is 0 Å². The zero-order chi connectivity index (χ0) is 14.3. The van der Waals surface area contributed by atoms with E-state index in [1.54, 1.807) is 13.1 Å². The van der Waals surface area contributed by atoms with Crippen molar-refractivity contribution in [2.45, 2.75) is 31.2 Å². The first-order valence-corrected chi connectivity index (χ1v) is 7.25. The molecule has 0 atom stereocenters. The van der Waals surface area contributed by atoms with E-state index in [-0.39, 0.29) is 16.3 Å². The van der Waals surface area contributed by atoms with E-state index in [4.69, 9.17) is 0 Å². The van der Waals surface area contributed by atoms with Crippen LogP contribution in [0.15, 0.2) is 23.4 Å². The van der Waals surface area contributed by atoms with E-state index in [1.807, 2.05) is 20.8 Å². The first-order valence-electron chi connectivity index (χ1n) is 5.77. The quantitative estimate of drug-likeness (QED) is 0.886. The molecule has 0 aliphatic carbocycles. The minimum Gasteiger partial charge on any atom is -0.280 e. The maximum absolute atomic E-state index is 12.1. The van der Waals surface area contributed by atoms with Gasteiger partial charge in [-0.15, -0.1) is 0 Å². The molecule has 104 valence electrons. The summed E-state index contributed by atoms with van der Waals surface area (Å²) in [5, 5.41) is 10.7. The molecule has 0 radical (unpaired) electrons. The van der Waals surface area contributed by atoms with Crippen molar-refractivity contribution in [2.75, 3.05) is 4.72 Å². The van der Waals surface area contributed by atoms with Gasteiger partial charge in [-0.05, 0) is 6.07 Å². The van der Waals surface area contributed by atoms with E-state index < -0.39 is 10.0 Å². The van der Waals surface area contributed by atoms with Crippen molar-refractivity contribution in [1.29, 1.82) is 0 Å². The first kappa shape index (κ1) is 13.6. The van der Waals surface area contributed by atoms with Crippen LogP contribution in [0.4, 0.5) is 5.82 Å². The molecule has 0 aliphatic rings. The van der Waals surface area contributed by atoms with Crippen molar-refractivity contribution in [3.05, 3.63) is 24.0 Å². The summed E-state index contributed by atoms with van der Waals surface area (Å²) >= 11 is 0. The van der Waals surface area contributed by atoms with Gasteiger partial charge in [-0.2, -0.15) is 18.6 Å². The predicted molar refractivity (Wildman–Crippen MR) is 71.3 cm³/mol. The van der Waals surface area contributed by atoms with Gasteiger partial charge in [0.1, 0.15) is 0 Å². The smallest absolute Gasteiger partial charge is 0.280 e. The summed E-state index contributed by atoms with van der Waals surface area (Å²) in [5.41, 5.74) is 0.735. The Bertz CT molecular complexity index is 678. The van der Waals surface area contributed by atoms with Crippen molar-refractivity contribution in [1.82, 2.24) is 20.0 Å². The lowest BCUT2D eigenvalue weighted by molar-refractivity contribution is 0.567. The number of aromatic amines is 1. The molecule has 0 aromatic carbocycles. The van der Waals surface area contributed by atoms with Crippen molar-refractivity contribution in [2.24, 2.45) is 7.05 Å². The Hall–Kier alpha value is -1.83. The van der Waals surface area contributed by atoms with Gasteiger partial charge in [0.2, 0.25) is 0 Å². The maximum atomic E-state index is 12.1. The number of aromatic nitrogens is 4. The Morgan fingerprint density at radius 3 is 2.53 bits per heavy atom. The molecule has 0 fully saturated rings. The Balaban J connectivity index is 2.27. The molecule has 2 aromatic rings. The van der Waals surface area contributed by atoms with Gasteiger partial charge in [-0.3, -0.25) is 14.5 Å². The molecular weight excluding hydrogens is 266 g/mol. The average molecular weight is 283 g/mol. The third kappa shape index (κ3) is 2.78. The summed E-state index contributed by atoms with van der Waals surface area (Å²) < 4.78 is 27.9. The number of hydrogen-bond acceptors (Lipinski definition) is 4. The monoisotopic (exact) mass is 283 g/mol. The van der Waals surface area contributed by atoms with E-state index in [9.17, 15) is 8.42 Å². The van der Waals surface area contributed by atoms with Crippen molar-refractivity contribution in [3.8, 4) is 0 Å². The molecule has 0 aliphatic heterocycles. The van der Waals surface area contributed by atoms with Gasteiger partial charge >= 0.3 is 0 Å². The SMILES string of the molecule is Cn1nccc1S(=O)(=O)Nc1cc(C(C)(C)C)[nH]n1. The highest BCUT2D eigenvalue weighted by atomic mass is 32.2. The number of H-pyrrole nitrogens is 1. The Kier molecular flexibility index (Phi) is 3.13. The molecule has 2 aromatic heterocycles. The van der Waals surface area contributed by atoms with Gasteiger partial charge in [0.15, 0.2) is 10.8 Å². The zero-order valence-electron chi connectivity index (χ0n) is 11.3. The van der Waals surface area contributed by atoms with Crippen LogP contribution in [-0.4, -0.2) is 28.4 Å². The summed E-state index contributed by atoms with van der Waals surface area (Å²) in [7, 11) is -2.10. The van der Waals surface area contributed by atoms with Crippen LogP contribution in [0.5, 0.6) is 0 Å². The van der Waals surface area contributed by atoms with E-state index in [0.717, 1.165) is 5.69 Å². The molecule has 2 N–H and O–H groups in total. The molecule has 2 rings (SSSR count). The van der Waals surface area contributed by atoms with E-state index >= 15 is 0 Å². The third-order valence-corrected chi connectivity index (χ3v) is 4.10. The summed E-state index contributed by atoms with van der Waals surface area (Å²) in [6.45, 7) is 6.04. The molecule has 0 unspecified atom stereocenters. The number of hydrogen-bond donors (Lipinski definition) is 2. The normalized spacial score (nSPS) is 12.6. The molecule has 0 saturated heterocycles. The van der Waals surface area contributed by atoms with Crippen molar-refractivity contribution >= 4 is 15.8 Å². The second-order valence-corrected chi connectivity index (χ2v) is 6.94. The molecule has 0 amide bonds. The lowest BCUT2D eigenvalue weighted by Crippen LogP contribution is -2.16. The van der Waals surface area contributed by atoms with Crippen LogP contribution in [0.25, 0.3) is 0 Å². The third-order valence-electron chi connectivity index (χ3n) is 2.68. The summed E-state index contributed by atoms with van der Waals surface area (Å²) in [5.74, 6) is 0.270. The molecule has 0 bridgehead atoms. The van der Waals surface area contributed by atoms with Gasteiger partial charge < -0.3 is 0 Å². The first-order chi connectivity index (χ1) is 8.70. The van der Waals surface area contributed by atoms with Crippen LogP contribution in [0.1, 0.15) is 26.5 Å². The summed E-state index contributed by atoms with van der Waals surface area (Å²) in [4.78, 5) is 0. The van der Waals surface area contributed by atoms with E-state index in [2.05, 4.69) is 20.0 Å². The highest BCUT2D eigenvalue weighted by Crippen LogP contribution is 2.23. The van der Waals surface area contributed by atoms with Crippen LogP contribution in [0, 0.1) is 0 Å². The van der Waals surface area contributed by atoms with Crippen molar-refractivity contribution in [3.63, 3.8) is 0 Å². The number of aryl methyl sites for hydroxylation is 1. The maximum Gasteiger partial charge on any atom is 0.280 e. The van der Waals surface area contributed by atoms with E-state index in [0.29, 0.717) is 0 Å². The van der Waals surface area contributed by atoms with Gasteiger partial charge in [-0.1, -0.05) is 20.8 Å². The fraction of sp³-hybridized carbons (Fsp3) is 0.455. The number of nitrogens with zero attached hydrogens (tertiary/aromatic N) is 3. The standard InChI is InChI=1S/C11H17N5O2S/c1-11(2,3)8-7-9(14-13-8)15-19(17,18)10-5-6-12-16(10)4/h5-7H,1-4H3,(H2,13,14,15). The van der Waals surface area contributed by atoms with Crippen LogP contribution in [-0.2, 0) is 22.5 Å². The molecular formula is C11H17N5O2S. The minimum absolute atomic E-state index is 0.0906. The summed E-state index contributed by atoms with van der Waals surface area (Å²) in [6, 6.07) is 3.12. The molecule has 7 nitrogen and oxygen atoms in total. The lowest BCUT2D eigenvalue weighted by atomic mass is 9.92. The van der Waals surface area contributed by atoms with Crippen molar-refractivity contribution < 1.29 is 8.42 Å². The second kappa shape index (κ2) is 4.37. The Morgan fingerprint density at radius 2 is 2.05 bits per heavy atom. The highest BCUT2D eigenvalue weighted by molar-refractivity contribution is 7.92. The van der Waals surface area contributed by atoms with Gasteiger partial charge in [0.25, 0.3) is 10.0 Å². The topological polar surface area (TPSA) is 92.7 Å². The zero-order valence-corrected chi connectivity index (χ0v) is 12.1. The van der Waals surface area contributed by atoms with Gasteiger partial charge in [0, 0.05) is 24.2 Å². The van der Waals surface area contributed by atoms with Crippen LogP contribution < -0.4 is 4.72 Å². The van der Waals surface area contributed by atoms with E-state index in [1.165, 1.54) is 16.9 Å². The van der Waals surface area contributed by atoms with Crippen LogP contribution >= 0.6 is 0 Å². The molecule has 19 heavy (non-hydrogen) atoms. The molecule has 0 saturated carbocycles. The average Bonchev–Trinajstić information content (AvgIpc) is 2.85.